The Balaban J connectivity index is 2.02. The Labute approximate surface area is 130 Å². The molecule has 2 rings (SSSR count). The van der Waals surface area contributed by atoms with Crippen LogP contribution in [-0.4, -0.2) is 28.6 Å². The van der Waals surface area contributed by atoms with Gasteiger partial charge in [0.15, 0.2) is 0 Å². The van der Waals surface area contributed by atoms with Gasteiger partial charge in [-0.05, 0) is 44.4 Å². The van der Waals surface area contributed by atoms with Gasteiger partial charge in [-0.3, -0.25) is 4.79 Å². The predicted molar refractivity (Wildman–Crippen MR) is 82.7 cm³/mol. The van der Waals surface area contributed by atoms with Crippen LogP contribution in [0, 0.1) is 0 Å². The van der Waals surface area contributed by atoms with E-state index >= 15 is 0 Å². The molecular formula is C17H23NO4. The van der Waals surface area contributed by atoms with Crippen molar-refractivity contribution < 1.29 is 19.4 Å². The Kier molecular flexibility index (Phi) is 5.19. The minimum Gasteiger partial charge on any atom is -0.480 e. The molecule has 0 heterocycles. The number of benzene rings is 1. The van der Waals surface area contributed by atoms with Crippen LogP contribution in [0.2, 0.25) is 0 Å². The highest BCUT2D eigenvalue weighted by molar-refractivity contribution is 5.98. The number of hydrogen-bond donors (Lipinski definition) is 2. The van der Waals surface area contributed by atoms with Gasteiger partial charge in [-0.2, -0.15) is 0 Å². The van der Waals surface area contributed by atoms with E-state index in [0.717, 1.165) is 18.4 Å². The largest absolute Gasteiger partial charge is 0.480 e. The molecule has 0 bridgehead atoms. The van der Waals surface area contributed by atoms with E-state index in [1.165, 1.54) is 0 Å². The molecule has 1 aliphatic carbocycles. The third-order valence-electron chi connectivity index (χ3n) is 4.02. The van der Waals surface area contributed by atoms with Gasteiger partial charge in [-0.15, -0.1) is 0 Å². The molecule has 120 valence electrons. The first-order chi connectivity index (χ1) is 10.4. The third kappa shape index (κ3) is 3.85. The first kappa shape index (κ1) is 16.5. The number of aliphatic carboxylic acids is 1. The van der Waals surface area contributed by atoms with Crippen molar-refractivity contribution in [2.24, 2.45) is 0 Å². The van der Waals surface area contributed by atoms with Crippen LogP contribution in [-0.2, 0) is 16.1 Å². The van der Waals surface area contributed by atoms with Crippen LogP contribution in [0.5, 0.6) is 0 Å². The summed E-state index contributed by atoms with van der Waals surface area (Å²) in [6.45, 7) is 4.43. The summed E-state index contributed by atoms with van der Waals surface area (Å²) >= 11 is 0. The van der Waals surface area contributed by atoms with E-state index in [2.05, 4.69) is 5.32 Å². The Morgan fingerprint density at radius 2 is 1.82 bits per heavy atom. The zero-order valence-corrected chi connectivity index (χ0v) is 13.1. The standard InChI is InChI=1S/C17H23NO4/c1-12(2)22-11-13-5-7-14(8-6-13)15(19)18-17(16(20)21)9-3-4-10-17/h5-8,12H,3-4,9-11H2,1-2H3,(H,18,19)(H,20,21). The lowest BCUT2D eigenvalue weighted by molar-refractivity contribution is -0.144. The number of carbonyl (C=O) groups excluding carboxylic acids is 1. The van der Waals surface area contributed by atoms with Gasteiger partial charge in [-0.25, -0.2) is 4.79 Å². The maximum absolute atomic E-state index is 12.3. The molecule has 22 heavy (non-hydrogen) atoms. The summed E-state index contributed by atoms with van der Waals surface area (Å²) in [5.74, 6) is -1.28. The number of nitrogens with one attached hydrogen (secondary N) is 1. The molecule has 0 aromatic heterocycles. The highest BCUT2D eigenvalue weighted by atomic mass is 16.5. The number of rotatable bonds is 6. The number of carbonyl (C=O) groups is 2. The molecule has 0 aliphatic heterocycles. The van der Waals surface area contributed by atoms with Gasteiger partial charge in [0.1, 0.15) is 5.54 Å². The van der Waals surface area contributed by atoms with Gasteiger partial charge in [0, 0.05) is 5.56 Å². The van der Waals surface area contributed by atoms with Crippen LogP contribution >= 0.6 is 0 Å². The number of carboxylic acid groups (broad SMARTS) is 1. The molecule has 1 saturated carbocycles. The summed E-state index contributed by atoms with van der Waals surface area (Å²) in [6.07, 6.45) is 2.81. The second-order valence-corrected chi connectivity index (χ2v) is 6.11. The Bertz CT molecular complexity index is 530. The highest BCUT2D eigenvalue weighted by Gasteiger charge is 2.42. The van der Waals surface area contributed by atoms with E-state index in [0.29, 0.717) is 25.0 Å². The molecule has 0 radical (unpaired) electrons. The van der Waals surface area contributed by atoms with Gasteiger partial charge >= 0.3 is 5.97 Å². The molecule has 1 amide bonds. The van der Waals surface area contributed by atoms with Crippen LogP contribution in [0.1, 0.15) is 55.5 Å². The molecule has 1 aliphatic rings. The second kappa shape index (κ2) is 6.92. The molecule has 1 aromatic carbocycles. The van der Waals surface area contributed by atoms with Crippen molar-refractivity contribution in [1.29, 1.82) is 0 Å². The second-order valence-electron chi connectivity index (χ2n) is 6.11. The average molecular weight is 305 g/mol. The maximum atomic E-state index is 12.3. The van der Waals surface area contributed by atoms with Crippen LogP contribution in [0.15, 0.2) is 24.3 Å². The molecular weight excluding hydrogens is 282 g/mol. The zero-order valence-electron chi connectivity index (χ0n) is 13.1. The smallest absolute Gasteiger partial charge is 0.329 e. The molecule has 1 fully saturated rings. The minimum atomic E-state index is -1.10. The van der Waals surface area contributed by atoms with Gasteiger partial charge in [0.05, 0.1) is 12.7 Å². The van der Waals surface area contributed by atoms with Crippen LogP contribution < -0.4 is 5.32 Å². The number of ether oxygens (including phenoxy) is 1. The molecule has 0 unspecified atom stereocenters. The summed E-state index contributed by atoms with van der Waals surface area (Å²) in [7, 11) is 0. The quantitative estimate of drug-likeness (QED) is 0.847. The van der Waals surface area contributed by atoms with E-state index in [1.54, 1.807) is 12.1 Å². The van der Waals surface area contributed by atoms with E-state index in [4.69, 9.17) is 4.74 Å². The normalized spacial score (nSPS) is 16.7. The van der Waals surface area contributed by atoms with Crippen LogP contribution in [0.3, 0.4) is 0 Å². The molecule has 5 nitrogen and oxygen atoms in total. The van der Waals surface area contributed by atoms with Gasteiger partial charge in [0.25, 0.3) is 5.91 Å². The predicted octanol–water partition coefficient (Wildman–Crippen LogP) is 2.74. The fourth-order valence-corrected chi connectivity index (χ4v) is 2.68. The summed E-state index contributed by atoms with van der Waals surface area (Å²) in [4.78, 5) is 23.7. The lowest BCUT2D eigenvalue weighted by atomic mass is 9.97. The molecule has 0 atom stereocenters. The first-order valence-electron chi connectivity index (χ1n) is 7.69. The monoisotopic (exact) mass is 305 g/mol. The van der Waals surface area contributed by atoms with Crippen LogP contribution in [0.25, 0.3) is 0 Å². The lowest BCUT2D eigenvalue weighted by Crippen LogP contribution is -2.52. The molecule has 2 N–H and O–H groups in total. The molecule has 1 aromatic rings. The summed E-state index contributed by atoms with van der Waals surface area (Å²) in [5.41, 5.74) is 0.358. The van der Waals surface area contributed by atoms with Crippen molar-refractivity contribution in [2.75, 3.05) is 0 Å². The van der Waals surface area contributed by atoms with Gasteiger partial charge in [-0.1, -0.05) is 25.0 Å². The summed E-state index contributed by atoms with van der Waals surface area (Å²) in [6, 6.07) is 7.08. The average Bonchev–Trinajstić information content (AvgIpc) is 2.95. The Hall–Kier alpha value is -1.88. The maximum Gasteiger partial charge on any atom is 0.329 e. The van der Waals surface area contributed by atoms with Crippen molar-refractivity contribution in [3.63, 3.8) is 0 Å². The molecule has 0 spiro atoms. The summed E-state index contributed by atoms with van der Waals surface area (Å²) in [5, 5.41) is 12.1. The molecule has 5 heteroatoms. The first-order valence-corrected chi connectivity index (χ1v) is 7.69. The Morgan fingerprint density at radius 3 is 2.32 bits per heavy atom. The van der Waals surface area contributed by atoms with E-state index in [9.17, 15) is 14.7 Å². The SMILES string of the molecule is CC(C)OCc1ccc(C(=O)NC2(C(=O)O)CCCC2)cc1. The Morgan fingerprint density at radius 1 is 1.23 bits per heavy atom. The topological polar surface area (TPSA) is 75.6 Å². The van der Waals surface area contributed by atoms with Crippen molar-refractivity contribution in [2.45, 2.75) is 57.8 Å². The number of hydrogen-bond acceptors (Lipinski definition) is 3. The van der Waals surface area contributed by atoms with Crippen molar-refractivity contribution in [3.05, 3.63) is 35.4 Å². The number of carboxylic acids is 1. The number of amides is 1. The van der Waals surface area contributed by atoms with Crippen LogP contribution in [0.4, 0.5) is 0 Å². The molecule has 0 saturated heterocycles. The van der Waals surface area contributed by atoms with Crippen molar-refractivity contribution >= 4 is 11.9 Å². The minimum absolute atomic E-state index is 0.153. The van der Waals surface area contributed by atoms with E-state index < -0.39 is 11.5 Å². The zero-order chi connectivity index (χ0) is 16.2. The van der Waals surface area contributed by atoms with Crippen molar-refractivity contribution in [3.8, 4) is 0 Å². The van der Waals surface area contributed by atoms with Gasteiger partial charge in [0.2, 0.25) is 0 Å². The lowest BCUT2D eigenvalue weighted by Gasteiger charge is -2.25. The fraction of sp³-hybridized carbons (Fsp3) is 0.529. The third-order valence-corrected chi connectivity index (χ3v) is 4.02. The summed E-state index contributed by atoms with van der Waals surface area (Å²) < 4.78 is 5.51. The fourth-order valence-electron chi connectivity index (χ4n) is 2.68. The van der Waals surface area contributed by atoms with E-state index in [-0.39, 0.29) is 12.0 Å². The van der Waals surface area contributed by atoms with Crippen molar-refractivity contribution in [1.82, 2.24) is 5.32 Å². The highest BCUT2D eigenvalue weighted by Crippen LogP contribution is 2.30. The van der Waals surface area contributed by atoms with Gasteiger partial charge < -0.3 is 15.2 Å². The van der Waals surface area contributed by atoms with E-state index in [1.807, 2.05) is 26.0 Å².